The molecule has 0 aromatic heterocycles. The maximum Gasteiger partial charge on any atom is 0.340 e. The predicted molar refractivity (Wildman–Crippen MR) is 96.9 cm³/mol. The molecule has 1 amide bonds. The minimum atomic E-state index is -0.668. The van der Waals surface area contributed by atoms with E-state index in [0.717, 1.165) is 5.56 Å². The van der Waals surface area contributed by atoms with Crippen molar-refractivity contribution in [2.75, 3.05) is 24.3 Å². The average Bonchev–Trinajstić information content (AvgIpc) is 2.63. The third kappa shape index (κ3) is 4.83. The van der Waals surface area contributed by atoms with Gasteiger partial charge in [-0.25, -0.2) is 9.59 Å². The zero-order chi connectivity index (χ0) is 19.1. The first-order chi connectivity index (χ1) is 12.4. The number of esters is 2. The molecular weight excluding hydrogens is 336 g/mol. The molecule has 3 N–H and O–H groups in total. The second kappa shape index (κ2) is 8.66. The van der Waals surface area contributed by atoms with Crippen molar-refractivity contribution in [3.63, 3.8) is 0 Å². The van der Waals surface area contributed by atoms with Gasteiger partial charge in [-0.15, -0.1) is 0 Å². The summed E-state index contributed by atoms with van der Waals surface area (Å²) in [6, 6.07) is 11.2. The fourth-order valence-corrected chi connectivity index (χ4v) is 2.17. The average molecular weight is 356 g/mol. The number of carbonyl (C=O) groups is 3. The van der Waals surface area contributed by atoms with E-state index in [1.165, 1.54) is 18.2 Å². The summed E-state index contributed by atoms with van der Waals surface area (Å²) in [6.45, 7) is 3.33. The van der Waals surface area contributed by atoms with E-state index >= 15 is 0 Å². The number of para-hydroxylation sites is 1. The molecule has 26 heavy (non-hydrogen) atoms. The van der Waals surface area contributed by atoms with Gasteiger partial charge in [0.15, 0.2) is 6.61 Å². The van der Waals surface area contributed by atoms with Gasteiger partial charge in [0.25, 0.3) is 5.91 Å². The van der Waals surface area contributed by atoms with Crippen LogP contribution in [-0.4, -0.2) is 31.1 Å². The summed E-state index contributed by atoms with van der Waals surface area (Å²) in [6.07, 6.45) is 0. The Kier molecular flexibility index (Phi) is 6.32. The first kappa shape index (κ1) is 19.0. The van der Waals surface area contributed by atoms with E-state index in [2.05, 4.69) is 5.32 Å². The molecular formula is C19H20N2O5. The highest BCUT2D eigenvalue weighted by molar-refractivity contribution is 5.98. The van der Waals surface area contributed by atoms with E-state index in [1.54, 1.807) is 38.1 Å². The zero-order valence-electron chi connectivity index (χ0n) is 14.6. The van der Waals surface area contributed by atoms with Gasteiger partial charge in [-0.2, -0.15) is 0 Å². The molecule has 0 radical (unpaired) electrons. The maximum atomic E-state index is 12.0. The van der Waals surface area contributed by atoms with E-state index in [-0.39, 0.29) is 12.2 Å². The lowest BCUT2D eigenvalue weighted by Gasteiger charge is -2.09. The second-order valence-electron chi connectivity index (χ2n) is 5.46. The van der Waals surface area contributed by atoms with Gasteiger partial charge in [0, 0.05) is 11.4 Å². The zero-order valence-corrected chi connectivity index (χ0v) is 14.6. The number of nitrogens with two attached hydrogens (primary N) is 1. The van der Waals surface area contributed by atoms with E-state index in [4.69, 9.17) is 15.2 Å². The molecule has 7 heteroatoms. The summed E-state index contributed by atoms with van der Waals surface area (Å²) in [4.78, 5) is 35.5. The molecule has 0 aliphatic carbocycles. The number of nitrogens with one attached hydrogen (secondary N) is 1. The number of ether oxygens (including phenoxy) is 2. The van der Waals surface area contributed by atoms with Crippen LogP contribution in [0, 0.1) is 6.92 Å². The summed E-state index contributed by atoms with van der Waals surface area (Å²) in [5.74, 6) is -1.61. The monoisotopic (exact) mass is 356 g/mol. The van der Waals surface area contributed by atoms with E-state index in [1.807, 2.05) is 0 Å². The third-order valence-corrected chi connectivity index (χ3v) is 3.56. The van der Waals surface area contributed by atoms with Crippen LogP contribution in [0.3, 0.4) is 0 Å². The Morgan fingerprint density at radius 1 is 1.00 bits per heavy atom. The van der Waals surface area contributed by atoms with Gasteiger partial charge in [-0.3, -0.25) is 4.79 Å². The summed E-state index contributed by atoms with van der Waals surface area (Å²) >= 11 is 0. The molecule has 0 aliphatic rings. The number of hydrogen-bond acceptors (Lipinski definition) is 6. The summed E-state index contributed by atoms with van der Waals surface area (Å²) in [7, 11) is 0. The van der Waals surface area contributed by atoms with Crippen LogP contribution < -0.4 is 11.1 Å². The van der Waals surface area contributed by atoms with Gasteiger partial charge in [-0.05, 0) is 49.7 Å². The Morgan fingerprint density at radius 2 is 1.69 bits per heavy atom. The van der Waals surface area contributed by atoms with Crippen molar-refractivity contribution in [3.8, 4) is 0 Å². The van der Waals surface area contributed by atoms with Crippen molar-refractivity contribution in [3.05, 3.63) is 59.2 Å². The van der Waals surface area contributed by atoms with Crippen LogP contribution in [0.1, 0.15) is 33.2 Å². The second-order valence-corrected chi connectivity index (χ2v) is 5.46. The van der Waals surface area contributed by atoms with Crippen LogP contribution in [0.4, 0.5) is 11.4 Å². The molecule has 0 saturated heterocycles. The number of nitrogen functional groups attached to an aromatic ring is 1. The van der Waals surface area contributed by atoms with Crippen molar-refractivity contribution < 1.29 is 23.9 Å². The largest absolute Gasteiger partial charge is 0.462 e. The van der Waals surface area contributed by atoms with Gasteiger partial charge in [0.1, 0.15) is 0 Å². The standard InChI is InChI=1S/C19H20N2O5/c1-3-25-18(23)13-7-9-14(10-8-13)21-16(22)11-26-19(24)15-6-4-5-12(2)17(15)20/h4-10H,3,11,20H2,1-2H3,(H,21,22). The highest BCUT2D eigenvalue weighted by atomic mass is 16.5. The minimum Gasteiger partial charge on any atom is -0.462 e. The van der Waals surface area contributed by atoms with Gasteiger partial charge in [0.05, 0.1) is 17.7 Å². The van der Waals surface area contributed by atoms with Crippen LogP contribution in [0.15, 0.2) is 42.5 Å². The Morgan fingerprint density at radius 3 is 2.35 bits per heavy atom. The molecule has 0 aliphatic heterocycles. The minimum absolute atomic E-state index is 0.219. The van der Waals surface area contributed by atoms with Crippen molar-refractivity contribution >= 4 is 29.2 Å². The lowest BCUT2D eigenvalue weighted by molar-refractivity contribution is -0.119. The first-order valence-electron chi connectivity index (χ1n) is 8.01. The van der Waals surface area contributed by atoms with E-state index in [0.29, 0.717) is 16.9 Å². The van der Waals surface area contributed by atoms with Crippen molar-refractivity contribution in [2.24, 2.45) is 0 Å². The van der Waals surface area contributed by atoms with Crippen LogP contribution in [0.2, 0.25) is 0 Å². The van der Waals surface area contributed by atoms with Gasteiger partial charge in [0.2, 0.25) is 0 Å². The van der Waals surface area contributed by atoms with Crippen LogP contribution in [0.5, 0.6) is 0 Å². The summed E-state index contributed by atoms with van der Waals surface area (Å²) in [5, 5.41) is 2.57. The number of benzene rings is 2. The Bertz CT molecular complexity index is 815. The molecule has 0 unspecified atom stereocenters. The third-order valence-electron chi connectivity index (χ3n) is 3.56. The van der Waals surface area contributed by atoms with Crippen molar-refractivity contribution in [2.45, 2.75) is 13.8 Å². The molecule has 0 atom stereocenters. The van der Waals surface area contributed by atoms with E-state index < -0.39 is 24.5 Å². The van der Waals surface area contributed by atoms with Crippen molar-refractivity contribution in [1.29, 1.82) is 0 Å². The van der Waals surface area contributed by atoms with Crippen LogP contribution >= 0.6 is 0 Å². The molecule has 0 spiro atoms. The highest BCUT2D eigenvalue weighted by Crippen LogP contribution is 2.17. The lowest BCUT2D eigenvalue weighted by Crippen LogP contribution is -2.21. The number of hydrogen-bond donors (Lipinski definition) is 2. The topological polar surface area (TPSA) is 108 Å². The van der Waals surface area contributed by atoms with Gasteiger partial charge in [-0.1, -0.05) is 12.1 Å². The van der Waals surface area contributed by atoms with Crippen LogP contribution in [0.25, 0.3) is 0 Å². The maximum absolute atomic E-state index is 12.0. The Balaban J connectivity index is 1.89. The van der Waals surface area contributed by atoms with Crippen molar-refractivity contribution in [1.82, 2.24) is 0 Å². The molecule has 2 aromatic rings. The summed E-state index contributed by atoms with van der Waals surface area (Å²) in [5.41, 5.74) is 7.98. The first-order valence-corrected chi connectivity index (χ1v) is 8.01. The number of anilines is 2. The molecule has 0 fully saturated rings. The van der Waals surface area contributed by atoms with Crippen LogP contribution in [-0.2, 0) is 14.3 Å². The highest BCUT2D eigenvalue weighted by Gasteiger charge is 2.14. The number of aryl methyl sites for hydroxylation is 1. The number of carbonyl (C=O) groups excluding carboxylic acids is 3. The Hall–Kier alpha value is -3.35. The quantitative estimate of drug-likeness (QED) is 0.608. The Labute approximate surface area is 151 Å². The number of amides is 1. The fraction of sp³-hybridized carbons (Fsp3) is 0.211. The molecule has 136 valence electrons. The molecule has 7 nitrogen and oxygen atoms in total. The molecule has 0 bridgehead atoms. The van der Waals surface area contributed by atoms with Gasteiger partial charge >= 0.3 is 11.9 Å². The molecule has 2 rings (SSSR count). The lowest BCUT2D eigenvalue weighted by atomic mass is 10.1. The predicted octanol–water partition coefficient (Wildman–Crippen LogP) is 2.55. The molecule has 0 heterocycles. The number of rotatable bonds is 6. The van der Waals surface area contributed by atoms with E-state index in [9.17, 15) is 14.4 Å². The molecule has 0 saturated carbocycles. The smallest absolute Gasteiger partial charge is 0.340 e. The SMILES string of the molecule is CCOC(=O)c1ccc(NC(=O)COC(=O)c2cccc(C)c2N)cc1. The fourth-order valence-electron chi connectivity index (χ4n) is 2.17. The molecule has 2 aromatic carbocycles. The normalized spacial score (nSPS) is 10.1. The summed E-state index contributed by atoms with van der Waals surface area (Å²) < 4.78 is 9.87. The van der Waals surface area contributed by atoms with Gasteiger partial charge < -0.3 is 20.5 Å².